The van der Waals surface area contributed by atoms with E-state index >= 15 is 0 Å². The second-order valence-corrected chi connectivity index (χ2v) is 3.33. The SMILES string of the molecule is CO/N=C/[C@@H](F)[C@H](OC(C)=O)[C@H](O)COC(C)=O. The Balaban J connectivity index is 4.59. The molecule has 0 saturated carbocycles. The highest BCUT2D eigenvalue weighted by atomic mass is 19.1. The maximum absolute atomic E-state index is 13.6. The van der Waals surface area contributed by atoms with Gasteiger partial charge in [-0.05, 0) is 0 Å². The Morgan fingerprint density at radius 2 is 2.00 bits per heavy atom. The third-order valence-corrected chi connectivity index (χ3v) is 1.76. The molecule has 0 aromatic heterocycles. The van der Waals surface area contributed by atoms with E-state index in [9.17, 15) is 19.1 Å². The van der Waals surface area contributed by atoms with Crippen molar-refractivity contribution in [3.8, 4) is 0 Å². The van der Waals surface area contributed by atoms with E-state index in [0.717, 1.165) is 20.1 Å². The quantitative estimate of drug-likeness (QED) is 0.389. The Labute approximate surface area is 103 Å². The van der Waals surface area contributed by atoms with Crippen molar-refractivity contribution in [3.63, 3.8) is 0 Å². The van der Waals surface area contributed by atoms with Crippen molar-refractivity contribution in [3.05, 3.63) is 0 Å². The Bertz CT molecular complexity index is 309. The van der Waals surface area contributed by atoms with Crippen molar-refractivity contribution in [2.45, 2.75) is 32.2 Å². The van der Waals surface area contributed by atoms with Gasteiger partial charge < -0.3 is 19.4 Å². The number of oxime groups is 1. The number of aliphatic hydroxyl groups is 1. The fourth-order valence-electron chi connectivity index (χ4n) is 1.05. The summed E-state index contributed by atoms with van der Waals surface area (Å²) in [5.74, 6) is -1.42. The fraction of sp³-hybridized carbons (Fsp3) is 0.700. The standard InChI is InChI=1S/C10H16FNO6/c1-6(13)17-5-9(15)10(18-7(2)14)8(11)4-12-16-3/h4,8-10,15H,5H2,1-3H3/b12-4+/t8-,9-,10+/m1/s1. The molecule has 1 N–H and O–H groups in total. The molecule has 0 rings (SSSR count). The van der Waals surface area contributed by atoms with Gasteiger partial charge in [-0.1, -0.05) is 5.16 Å². The molecule has 0 spiro atoms. The molecule has 0 aliphatic rings. The molecule has 0 saturated heterocycles. The highest BCUT2D eigenvalue weighted by Gasteiger charge is 2.31. The van der Waals surface area contributed by atoms with E-state index in [2.05, 4.69) is 19.5 Å². The van der Waals surface area contributed by atoms with Gasteiger partial charge in [0.25, 0.3) is 0 Å². The van der Waals surface area contributed by atoms with E-state index in [4.69, 9.17) is 0 Å². The first-order valence-corrected chi connectivity index (χ1v) is 5.07. The van der Waals surface area contributed by atoms with E-state index < -0.39 is 36.9 Å². The molecule has 18 heavy (non-hydrogen) atoms. The molecule has 104 valence electrons. The molecule has 0 aliphatic carbocycles. The van der Waals surface area contributed by atoms with Crippen LogP contribution >= 0.6 is 0 Å². The average Bonchev–Trinajstić information content (AvgIpc) is 2.29. The number of aliphatic hydroxyl groups excluding tert-OH is 1. The molecular formula is C10H16FNO6. The van der Waals surface area contributed by atoms with Crippen LogP contribution in [-0.2, 0) is 23.9 Å². The lowest BCUT2D eigenvalue weighted by Gasteiger charge is -2.23. The highest BCUT2D eigenvalue weighted by molar-refractivity contribution is 5.68. The summed E-state index contributed by atoms with van der Waals surface area (Å²) in [6.45, 7) is 1.70. The van der Waals surface area contributed by atoms with Gasteiger partial charge in [0, 0.05) is 13.8 Å². The monoisotopic (exact) mass is 265 g/mol. The summed E-state index contributed by atoms with van der Waals surface area (Å²) in [6.07, 6.45) is -4.19. The van der Waals surface area contributed by atoms with Gasteiger partial charge in [0.2, 0.25) is 0 Å². The van der Waals surface area contributed by atoms with E-state index in [-0.39, 0.29) is 0 Å². The highest BCUT2D eigenvalue weighted by Crippen LogP contribution is 2.09. The first-order chi connectivity index (χ1) is 8.38. The molecule has 0 radical (unpaired) electrons. The molecule has 0 heterocycles. The Morgan fingerprint density at radius 3 is 2.44 bits per heavy atom. The molecule has 0 aliphatic heterocycles. The zero-order valence-electron chi connectivity index (χ0n) is 10.3. The maximum atomic E-state index is 13.6. The summed E-state index contributed by atoms with van der Waals surface area (Å²) in [5, 5.41) is 12.7. The van der Waals surface area contributed by atoms with Crippen LogP contribution in [0.1, 0.15) is 13.8 Å². The minimum atomic E-state index is -1.89. The number of hydrogen-bond donors (Lipinski definition) is 1. The van der Waals surface area contributed by atoms with Gasteiger partial charge in [-0.2, -0.15) is 0 Å². The van der Waals surface area contributed by atoms with Crippen LogP contribution in [0.3, 0.4) is 0 Å². The van der Waals surface area contributed by atoms with Gasteiger partial charge in [-0.3, -0.25) is 9.59 Å². The average molecular weight is 265 g/mol. The number of hydrogen-bond acceptors (Lipinski definition) is 7. The van der Waals surface area contributed by atoms with Crippen LogP contribution in [0, 0.1) is 0 Å². The van der Waals surface area contributed by atoms with Crippen LogP contribution in [0.25, 0.3) is 0 Å². The molecule has 0 bridgehead atoms. The van der Waals surface area contributed by atoms with Crippen molar-refractivity contribution < 1.29 is 33.4 Å². The van der Waals surface area contributed by atoms with Crippen LogP contribution in [0.5, 0.6) is 0 Å². The topological polar surface area (TPSA) is 94.4 Å². The second kappa shape index (κ2) is 8.40. The third-order valence-electron chi connectivity index (χ3n) is 1.76. The summed E-state index contributed by atoms with van der Waals surface area (Å²) in [6, 6.07) is 0. The number of alkyl halides is 1. The predicted octanol–water partition coefficient (Wildman–Crippen LogP) is -0.188. The Morgan fingerprint density at radius 1 is 1.39 bits per heavy atom. The van der Waals surface area contributed by atoms with Crippen molar-refractivity contribution >= 4 is 18.2 Å². The zero-order chi connectivity index (χ0) is 14.1. The van der Waals surface area contributed by atoms with Gasteiger partial charge in [0.05, 0.1) is 6.21 Å². The largest absolute Gasteiger partial charge is 0.463 e. The van der Waals surface area contributed by atoms with Crippen LogP contribution < -0.4 is 0 Å². The van der Waals surface area contributed by atoms with E-state index in [0.29, 0.717) is 0 Å². The summed E-state index contributed by atoms with van der Waals surface area (Å²) < 4.78 is 22.7. The molecule has 0 aromatic rings. The summed E-state index contributed by atoms with van der Waals surface area (Å²) >= 11 is 0. The van der Waals surface area contributed by atoms with Crippen molar-refractivity contribution in [2.75, 3.05) is 13.7 Å². The first kappa shape index (κ1) is 16.3. The number of nitrogens with zero attached hydrogens (tertiary/aromatic N) is 1. The van der Waals surface area contributed by atoms with Gasteiger partial charge in [-0.15, -0.1) is 0 Å². The van der Waals surface area contributed by atoms with Gasteiger partial charge in [0.1, 0.15) is 19.8 Å². The van der Waals surface area contributed by atoms with Crippen LogP contribution in [0.15, 0.2) is 5.16 Å². The van der Waals surface area contributed by atoms with E-state index in [1.807, 2.05) is 0 Å². The Kier molecular flexibility index (Phi) is 7.61. The van der Waals surface area contributed by atoms with Crippen molar-refractivity contribution in [2.24, 2.45) is 5.16 Å². The molecule has 7 nitrogen and oxygen atoms in total. The van der Waals surface area contributed by atoms with Gasteiger partial charge in [0.15, 0.2) is 12.3 Å². The lowest BCUT2D eigenvalue weighted by molar-refractivity contribution is -0.161. The van der Waals surface area contributed by atoms with Gasteiger partial charge in [-0.25, -0.2) is 4.39 Å². The minimum Gasteiger partial charge on any atom is -0.463 e. The maximum Gasteiger partial charge on any atom is 0.303 e. The predicted molar refractivity (Wildman–Crippen MR) is 58.6 cm³/mol. The minimum absolute atomic E-state index is 0.492. The number of carbonyl (C=O) groups is 2. The lowest BCUT2D eigenvalue weighted by atomic mass is 10.1. The molecule has 0 amide bonds. The normalized spacial score (nSPS) is 15.8. The van der Waals surface area contributed by atoms with Crippen molar-refractivity contribution in [1.82, 2.24) is 0 Å². The molecule has 0 fully saturated rings. The van der Waals surface area contributed by atoms with E-state index in [1.165, 1.54) is 7.11 Å². The number of rotatable bonds is 7. The number of carbonyl (C=O) groups excluding carboxylic acids is 2. The summed E-state index contributed by atoms with van der Waals surface area (Å²) in [7, 11) is 1.21. The third kappa shape index (κ3) is 6.79. The zero-order valence-corrected chi connectivity index (χ0v) is 10.3. The second-order valence-electron chi connectivity index (χ2n) is 3.33. The molecule has 0 aromatic carbocycles. The first-order valence-electron chi connectivity index (χ1n) is 5.07. The van der Waals surface area contributed by atoms with Crippen LogP contribution in [0.4, 0.5) is 4.39 Å². The lowest BCUT2D eigenvalue weighted by Crippen LogP contribution is -2.42. The fourth-order valence-corrected chi connectivity index (χ4v) is 1.05. The summed E-state index contributed by atoms with van der Waals surface area (Å²) in [5.41, 5.74) is 0. The van der Waals surface area contributed by atoms with Gasteiger partial charge >= 0.3 is 11.9 Å². The summed E-state index contributed by atoms with van der Waals surface area (Å²) in [4.78, 5) is 25.6. The number of ether oxygens (including phenoxy) is 2. The molecule has 3 atom stereocenters. The molecule has 0 unspecified atom stereocenters. The smallest absolute Gasteiger partial charge is 0.303 e. The van der Waals surface area contributed by atoms with Crippen LogP contribution in [-0.4, -0.2) is 55.4 Å². The van der Waals surface area contributed by atoms with Crippen LogP contribution in [0.2, 0.25) is 0 Å². The van der Waals surface area contributed by atoms with Crippen molar-refractivity contribution in [1.29, 1.82) is 0 Å². The molecule has 8 heteroatoms. The molecular weight excluding hydrogens is 249 g/mol. The number of halogens is 1. The number of esters is 2. The Hall–Kier alpha value is -1.70. The van der Waals surface area contributed by atoms with E-state index in [1.54, 1.807) is 0 Å².